The summed E-state index contributed by atoms with van der Waals surface area (Å²) >= 11 is 0. The summed E-state index contributed by atoms with van der Waals surface area (Å²) in [7, 11) is 1.72. The molecule has 0 bridgehead atoms. The highest BCUT2D eigenvalue weighted by Crippen LogP contribution is 2.51. The van der Waals surface area contributed by atoms with Gasteiger partial charge in [0.15, 0.2) is 0 Å². The molecule has 0 aromatic rings. The van der Waals surface area contributed by atoms with E-state index in [2.05, 4.69) is 13.8 Å². The van der Waals surface area contributed by atoms with Gasteiger partial charge in [-0.05, 0) is 26.2 Å². The second-order valence-corrected chi connectivity index (χ2v) is 6.32. The first-order valence-corrected chi connectivity index (χ1v) is 6.89. The molecule has 0 spiro atoms. The lowest BCUT2D eigenvalue weighted by Gasteiger charge is -2.55. The number of amides is 1. The number of carbonyl (C=O) groups excluding carboxylic acids is 1. The van der Waals surface area contributed by atoms with Crippen LogP contribution in [0.5, 0.6) is 0 Å². The first-order chi connectivity index (χ1) is 8.77. The number of rotatable bonds is 5. The van der Waals surface area contributed by atoms with E-state index in [0.717, 1.165) is 6.42 Å². The lowest BCUT2D eigenvalue weighted by molar-refractivity contribution is -0.171. The fourth-order valence-electron chi connectivity index (χ4n) is 3.13. The van der Waals surface area contributed by atoms with Crippen LogP contribution < -0.4 is 0 Å². The highest BCUT2D eigenvalue weighted by atomic mass is 16.5. The zero-order valence-electron chi connectivity index (χ0n) is 12.1. The minimum atomic E-state index is -1.14. The number of carboxylic acid groups (broad SMARTS) is 1. The molecular weight excluding hydrogens is 246 g/mol. The molecule has 2 atom stereocenters. The molecule has 0 aliphatic heterocycles. The van der Waals surface area contributed by atoms with Crippen LogP contribution in [0.1, 0.15) is 40.0 Å². The van der Waals surface area contributed by atoms with Gasteiger partial charge in [0.1, 0.15) is 5.41 Å². The van der Waals surface area contributed by atoms with Crippen LogP contribution in [-0.2, 0) is 14.3 Å². The largest absolute Gasteiger partial charge is 0.480 e. The summed E-state index contributed by atoms with van der Waals surface area (Å²) < 4.78 is 5.65. The van der Waals surface area contributed by atoms with E-state index >= 15 is 0 Å². The summed E-state index contributed by atoms with van der Waals surface area (Å²) in [6.07, 6.45) is 1.87. The molecule has 2 unspecified atom stereocenters. The topological polar surface area (TPSA) is 66.8 Å². The van der Waals surface area contributed by atoms with Crippen LogP contribution in [0, 0.1) is 10.8 Å². The van der Waals surface area contributed by atoms with Gasteiger partial charge in [-0.1, -0.05) is 13.8 Å². The fourth-order valence-corrected chi connectivity index (χ4v) is 3.13. The zero-order chi connectivity index (χ0) is 14.4. The predicted octanol–water partition coefficient (Wildman–Crippen LogP) is 1.51. The maximum atomic E-state index is 12.4. The number of nitrogens with zero attached hydrogens (tertiary/aromatic N) is 1. The Morgan fingerprint density at radius 2 is 1.95 bits per heavy atom. The third kappa shape index (κ3) is 2.04. The van der Waals surface area contributed by atoms with E-state index in [0.29, 0.717) is 19.4 Å². The van der Waals surface area contributed by atoms with Crippen molar-refractivity contribution >= 4 is 11.9 Å². The van der Waals surface area contributed by atoms with Gasteiger partial charge in [-0.15, -0.1) is 0 Å². The van der Waals surface area contributed by atoms with Gasteiger partial charge in [0, 0.05) is 25.1 Å². The lowest BCUT2D eigenvalue weighted by Crippen LogP contribution is -2.63. The van der Waals surface area contributed by atoms with E-state index in [4.69, 9.17) is 4.74 Å². The highest BCUT2D eigenvalue weighted by molar-refractivity contribution is 6.04. The molecular formula is C14H23NO4. The maximum Gasteiger partial charge on any atom is 0.319 e. The fraction of sp³-hybridized carbons (Fsp3) is 0.857. The molecule has 0 aromatic carbocycles. The molecule has 0 saturated heterocycles. The molecule has 0 radical (unpaired) electrons. The van der Waals surface area contributed by atoms with Crippen molar-refractivity contribution in [2.24, 2.45) is 10.8 Å². The molecule has 5 heteroatoms. The zero-order valence-corrected chi connectivity index (χ0v) is 12.1. The summed E-state index contributed by atoms with van der Waals surface area (Å²) in [4.78, 5) is 25.2. The molecule has 108 valence electrons. The van der Waals surface area contributed by atoms with Gasteiger partial charge in [-0.3, -0.25) is 9.59 Å². The van der Waals surface area contributed by atoms with Crippen LogP contribution in [0.4, 0.5) is 0 Å². The van der Waals surface area contributed by atoms with Crippen LogP contribution >= 0.6 is 0 Å². The Labute approximate surface area is 113 Å². The van der Waals surface area contributed by atoms with Crippen LogP contribution in [0.25, 0.3) is 0 Å². The summed E-state index contributed by atoms with van der Waals surface area (Å²) in [5.41, 5.74) is -1.25. The number of carbonyl (C=O) groups is 2. The Kier molecular flexibility index (Phi) is 3.37. The average molecular weight is 269 g/mol. The van der Waals surface area contributed by atoms with Gasteiger partial charge in [-0.2, -0.15) is 0 Å². The summed E-state index contributed by atoms with van der Waals surface area (Å²) in [6.45, 7) is 6.77. The Morgan fingerprint density at radius 3 is 2.32 bits per heavy atom. The van der Waals surface area contributed by atoms with Gasteiger partial charge in [0.25, 0.3) is 0 Å². The number of hydrogen-bond acceptors (Lipinski definition) is 3. The predicted molar refractivity (Wildman–Crippen MR) is 69.7 cm³/mol. The van der Waals surface area contributed by atoms with Crippen molar-refractivity contribution in [1.29, 1.82) is 0 Å². The van der Waals surface area contributed by atoms with Crippen molar-refractivity contribution in [2.45, 2.75) is 52.2 Å². The molecule has 1 amide bonds. The van der Waals surface area contributed by atoms with E-state index in [1.54, 1.807) is 11.9 Å². The molecule has 19 heavy (non-hydrogen) atoms. The van der Waals surface area contributed by atoms with Crippen LogP contribution in [0.3, 0.4) is 0 Å². The number of ether oxygens (including phenoxy) is 1. The Morgan fingerprint density at radius 1 is 1.37 bits per heavy atom. The van der Waals surface area contributed by atoms with Gasteiger partial charge in [0.2, 0.25) is 5.91 Å². The number of carboxylic acids is 1. The molecule has 2 fully saturated rings. The third-order valence-corrected chi connectivity index (χ3v) is 4.85. The Bertz CT molecular complexity index is 400. The Hall–Kier alpha value is -1.10. The van der Waals surface area contributed by atoms with Crippen LogP contribution in [0.2, 0.25) is 0 Å². The van der Waals surface area contributed by atoms with Crippen LogP contribution in [0.15, 0.2) is 0 Å². The van der Waals surface area contributed by atoms with Crippen molar-refractivity contribution in [3.8, 4) is 0 Å². The van der Waals surface area contributed by atoms with E-state index in [1.807, 2.05) is 6.92 Å². The van der Waals surface area contributed by atoms with Gasteiger partial charge in [-0.25, -0.2) is 0 Å². The van der Waals surface area contributed by atoms with Crippen molar-refractivity contribution < 1.29 is 19.4 Å². The standard InChI is InChI=1S/C14H23NO4/c1-5-19-10-8-9(13(10,2)3)15(4)11(16)14(6-7-14)12(17)18/h9-10H,5-8H2,1-4H3,(H,17,18). The van der Waals surface area contributed by atoms with Crippen molar-refractivity contribution in [3.63, 3.8) is 0 Å². The van der Waals surface area contributed by atoms with Crippen molar-refractivity contribution in [1.82, 2.24) is 4.90 Å². The van der Waals surface area contributed by atoms with Crippen molar-refractivity contribution in [3.05, 3.63) is 0 Å². The summed E-state index contributed by atoms with van der Waals surface area (Å²) in [5.74, 6) is -1.23. The third-order valence-electron chi connectivity index (χ3n) is 4.85. The van der Waals surface area contributed by atoms with Gasteiger partial charge in [0.05, 0.1) is 6.10 Å². The molecule has 2 aliphatic carbocycles. The highest BCUT2D eigenvalue weighted by Gasteiger charge is 2.61. The van der Waals surface area contributed by atoms with Crippen LogP contribution in [-0.4, -0.2) is 47.7 Å². The quantitative estimate of drug-likeness (QED) is 0.768. The Balaban J connectivity index is 2.04. The minimum absolute atomic E-state index is 0.0633. The normalized spacial score (nSPS) is 30.3. The maximum absolute atomic E-state index is 12.4. The molecule has 2 saturated carbocycles. The van der Waals surface area contributed by atoms with E-state index < -0.39 is 11.4 Å². The molecule has 0 heterocycles. The van der Waals surface area contributed by atoms with Gasteiger partial charge >= 0.3 is 5.97 Å². The van der Waals surface area contributed by atoms with Crippen molar-refractivity contribution in [2.75, 3.05) is 13.7 Å². The first-order valence-electron chi connectivity index (χ1n) is 6.89. The van der Waals surface area contributed by atoms with E-state index in [-0.39, 0.29) is 23.5 Å². The number of aliphatic carboxylic acids is 1. The average Bonchev–Trinajstić information content (AvgIpc) is 3.13. The molecule has 1 N–H and O–H groups in total. The molecule has 0 aromatic heterocycles. The van der Waals surface area contributed by atoms with E-state index in [9.17, 15) is 14.7 Å². The summed E-state index contributed by atoms with van der Waals surface area (Å²) in [5, 5.41) is 9.19. The smallest absolute Gasteiger partial charge is 0.319 e. The molecule has 2 rings (SSSR count). The SMILES string of the molecule is CCOC1CC(N(C)C(=O)C2(C(=O)O)CC2)C1(C)C. The minimum Gasteiger partial charge on any atom is -0.480 e. The summed E-state index contributed by atoms with van der Waals surface area (Å²) in [6, 6.07) is 0.0633. The number of hydrogen-bond donors (Lipinski definition) is 1. The lowest BCUT2D eigenvalue weighted by atomic mass is 9.63. The van der Waals surface area contributed by atoms with Gasteiger partial charge < -0.3 is 14.7 Å². The monoisotopic (exact) mass is 269 g/mol. The second kappa shape index (κ2) is 4.47. The second-order valence-electron chi connectivity index (χ2n) is 6.32. The van der Waals surface area contributed by atoms with E-state index in [1.165, 1.54) is 0 Å². The molecule has 5 nitrogen and oxygen atoms in total. The molecule has 2 aliphatic rings. The first kappa shape index (κ1) is 14.3.